The Labute approximate surface area is 180 Å². The van der Waals surface area contributed by atoms with E-state index >= 15 is 0 Å². The molecular weight excluding hydrogens is 421 g/mol. The first-order valence-electron chi connectivity index (χ1n) is 9.72. The molecule has 1 heterocycles. The number of rotatable bonds is 5. The molecule has 1 atom stereocenters. The van der Waals surface area contributed by atoms with Crippen molar-refractivity contribution < 1.29 is 27.9 Å². The van der Waals surface area contributed by atoms with Gasteiger partial charge >= 0.3 is 12.1 Å². The van der Waals surface area contributed by atoms with E-state index in [0.29, 0.717) is 21.8 Å². The first-order chi connectivity index (χ1) is 15.3. The van der Waals surface area contributed by atoms with Crippen LogP contribution in [-0.2, 0) is 17.4 Å². The Morgan fingerprint density at radius 2 is 1.41 bits per heavy atom. The lowest BCUT2D eigenvalue weighted by molar-refractivity contribution is -0.141. The zero-order valence-corrected chi connectivity index (χ0v) is 16.6. The number of aromatic nitrogens is 1. The number of carbonyl (C=O) groups is 2. The Bertz CT molecular complexity index is 1280. The second kappa shape index (κ2) is 8.30. The summed E-state index contributed by atoms with van der Waals surface area (Å²) in [6.45, 7) is 0. The van der Waals surface area contributed by atoms with Gasteiger partial charge in [-0.3, -0.25) is 4.79 Å². The molecule has 32 heavy (non-hydrogen) atoms. The number of pyridine rings is 1. The number of amides is 1. The number of halogens is 3. The minimum Gasteiger partial charge on any atom is -0.480 e. The van der Waals surface area contributed by atoms with Gasteiger partial charge in [-0.1, -0.05) is 54.6 Å². The van der Waals surface area contributed by atoms with E-state index < -0.39 is 36.1 Å². The molecule has 4 rings (SSSR count). The average molecular weight is 438 g/mol. The second-order valence-corrected chi connectivity index (χ2v) is 7.24. The topological polar surface area (TPSA) is 79.3 Å². The lowest BCUT2D eigenvalue weighted by Crippen LogP contribution is -2.42. The van der Waals surface area contributed by atoms with Gasteiger partial charge in [0.05, 0.1) is 22.2 Å². The third-order valence-electron chi connectivity index (χ3n) is 5.16. The number of carboxylic acid groups (broad SMARTS) is 1. The highest BCUT2D eigenvalue weighted by atomic mass is 19.4. The van der Waals surface area contributed by atoms with E-state index in [-0.39, 0.29) is 11.1 Å². The summed E-state index contributed by atoms with van der Waals surface area (Å²) >= 11 is 0. The molecule has 2 N–H and O–H groups in total. The molecule has 162 valence electrons. The first kappa shape index (κ1) is 21.3. The molecule has 0 spiro atoms. The standard InChI is InChI=1S/C24H17F3N2O3/c25-24(26,27)17-10-4-1-7-14(17)13-20(23(31)32)29-22(30)21-15-8-2-5-11-18(15)28-19-12-6-3-9-16(19)21/h1-12,20H,13H2,(H,29,30)(H,31,32)/t20-/m0/s1. The Balaban J connectivity index is 1.74. The number of carbonyl (C=O) groups excluding carboxylic acids is 1. The number of alkyl halides is 3. The summed E-state index contributed by atoms with van der Waals surface area (Å²) < 4.78 is 40.0. The van der Waals surface area contributed by atoms with Crippen LogP contribution in [0, 0.1) is 0 Å². The number of hydrogen-bond acceptors (Lipinski definition) is 3. The summed E-state index contributed by atoms with van der Waals surface area (Å²) in [6.07, 6.45) is -5.15. The number of para-hydroxylation sites is 2. The van der Waals surface area contributed by atoms with Crippen LogP contribution in [0.5, 0.6) is 0 Å². The van der Waals surface area contributed by atoms with E-state index in [4.69, 9.17) is 0 Å². The molecule has 0 saturated heterocycles. The fraction of sp³-hybridized carbons (Fsp3) is 0.125. The molecule has 4 aromatic rings. The zero-order chi connectivity index (χ0) is 22.9. The molecule has 0 bridgehead atoms. The smallest absolute Gasteiger partial charge is 0.416 e. The van der Waals surface area contributed by atoms with Crippen molar-refractivity contribution >= 4 is 33.7 Å². The molecule has 0 radical (unpaired) electrons. The number of aliphatic carboxylic acids is 1. The highest BCUT2D eigenvalue weighted by molar-refractivity contribution is 6.16. The van der Waals surface area contributed by atoms with Gasteiger partial charge in [-0.05, 0) is 23.8 Å². The molecule has 0 aliphatic rings. The van der Waals surface area contributed by atoms with Crippen LogP contribution in [0.1, 0.15) is 21.5 Å². The molecule has 0 saturated carbocycles. The molecule has 8 heteroatoms. The monoisotopic (exact) mass is 438 g/mol. The minimum atomic E-state index is -4.64. The SMILES string of the molecule is O=C(N[C@@H](Cc1ccccc1C(F)(F)F)C(=O)O)c1c2ccccc2nc2ccccc12. The van der Waals surface area contributed by atoms with Crippen LogP contribution in [0.15, 0.2) is 72.8 Å². The number of nitrogens with zero attached hydrogens (tertiary/aromatic N) is 1. The average Bonchev–Trinajstić information content (AvgIpc) is 2.76. The summed E-state index contributed by atoms with van der Waals surface area (Å²) in [5, 5.41) is 13.1. The van der Waals surface area contributed by atoms with E-state index in [0.717, 1.165) is 6.07 Å². The molecule has 0 aliphatic carbocycles. The van der Waals surface area contributed by atoms with Gasteiger partial charge in [0.15, 0.2) is 0 Å². The lowest BCUT2D eigenvalue weighted by Gasteiger charge is -2.19. The molecule has 3 aromatic carbocycles. The number of nitrogens with one attached hydrogen (secondary N) is 1. The van der Waals surface area contributed by atoms with Crippen molar-refractivity contribution in [1.29, 1.82) is 0 Å². The first-order valence-corrected chi connectivity index (χ1v) is 9.72. The maximum atomic E-state index is 13.3. The predicted octanol–water partition coefficient (Wildman–Crippen LogP) is 4.83. The quantitative estimate of drug-likeness (QED) is 0.438. The zero-order valence-electron chi connectivity index (χ0n) is 16.6. The van der Waals surface area contributed by atoms with Gasteiger partial charge in [0.1, 0.15) is 6.04 Å². The van der Waals surface area contributed by atoms with E-state index in [1.54, 1.807) is 48.5 Å². The van der Waals surface area contributed by atoms with Crippen LogP contribution in [0.3, 0.4) is 0 Å². The molecule has 5 nitrogen and oxygen atoms in total. The molecule has 1 aromatic heterocycles. The molecule has 1 amide bonds. The van der Waals surface area contributed by atoms with Gasteiger partial charge in [0.2, 0.25) is 0 Å². The summed E-state index contributed by atoms with van der Waals surface area (Å²) in [4.78, 5) is 29.6. The van der Waals surface area contributed by atoms with Crippen molar-refractivity contribution in [3.05, 3.63) is 89.5 Å². The maximum Gasteiger partial charge on any atom is 0.416 e. The summed E-state index contributed by atoms with van der Waals surface area (Å²) in [6, 6.07) is 17.0. The fourth-order valence-corrected chi connectivity index (χ4v) is 3.71. The Kier molecular flexibility index (Phi) is 5.52. The van der Waals surface area contributed by atoms with Crippen molar-refractivity contribution in [3.63, 3.8) is 0 Å². The van der Waals surface area contributed by atoms with Gasteiger partial charge in [-0.2, -0.15) is 13.2 Å². The number of hydrogen-bond donors (Lipinski definition) is 2. The van der Waals surface area contributed by atoms with E-state index in [9.17, 15) is 27.9 Å². The van der Waals surface area contributed by atoms with Crippen LogP contribution < -0.4 is 5.32 Å². The van der Waals surface area contributed by atoms with Crippen molar-refractivity contribution in [3.8, 4) is 0 Å². The molecule has 0 unspecified atom stereocenters. The summed E-state index contributed by atoms with van der Waals surface area (Å²) in [5.41, 5.74) is 0.176. The van der Waals surface area contributed by atoms with Crippen LogP contribution in [0.4, 0.5) is 13.2 Å². The normalized spacial score (nSPS) is 12.6. The largest absolute Gasteiger partial charge is 0.480 e. The Morgan fingerprint density at radius 3 is 1.97 bits per heavy atom. The van der Waals surface area contributed by atoms with Crippen LogP contribution in [0.2, 0.25) is 0 Å². The Hall–Kier alpha value is -3.94. The number of benzene rings is 3. The minimum absolute atomic E-state index is 0.211. The summed E-state index contributed by atoms with van der Waals surface area (Å²) in [7, 11) is 0. The molecule has 0 aliphatic heterocycles. The third-order valence-corrected chi connectivity index (χ3v) is 5.16. The van der Waals surface area contributed by atoms with Crippen molar-refractivity contribution in [1.82, 2.24) is 10.3 Å². The molecular formula is C24H17F3N2O3. The van der Waals surface area contributed by atoms with E-state index in [2.05, 4.69) is 10.3 Å². The lowest BCUT2D eigenvalue weighted by atomic mass is 9.98. The maximum absolute atomic E-state index is 13.3. The van der Waals surface area contributed by atoms with Crippen molar-refractivity contribution in [2.75, 3.05) is 0 Å². The predicted molar refractivity (Wildman–Crippen MR) is 113 cm³/mol. The van der Waals surface area contributed by atoms with Crippen molar-refractivity contribution in [2.45, 2.75) is 18.6 Å². The van der Waals surface area contributed by atoms with Gasteiger partial charge in [-0.15, -0.1) is 0 Å². The van der Waals surface area contributed by atoms with Crippen LogP contribution in [-0.4, -0.2) is 28.0 Å². The Morgan fingerprint density at radius 1 is 0.875 bits per heavy atom. The van der Waals surface area contributed by atoms with Crippen LogP contribution >= 0.6 is 0 Å². The van der Waals surface area contributed by atoms with Crippen molar-refractivity contribution in [2.24, 2.45) is 0 Å². The highest BCUT2D eigenvalue weighted by Crippen LogP contribution is 2.32. The van der Waals surface area contributed by atoms with E-state index in [1.165, 1.54) is 18.2 Å². The number of carboxylic acids is 1. The van der Waals surface area contributed by atoms with Gasteiger partial charge in [0, 0.05) is 17.2 Å². The van der Waals surface area contributed by atoms with E-state index in [1.807, 2.05) is 0 Å². The van der Waals surface area contributed by atoms with Gasteiger partial charge in [0.25, 0.3) is 5.91 Å². The summed E-state index contributed by atoms with van der Waals surface area (Å²) in [5.74, 6) is -2.13. The van der Waals surface area contributed by atoms with Gasteiger partial charge in [-0.25, -0.2) is 9.78 Å². The second-order valence-electron chi connectivity index (χ2n) is 7.24. The number of fused-ring (bicyclic) bond motifs is 2. The fourth-order valence-electron chi connectivity index (χ4n) is 3.71. The third kappa shape index (κ3) is 4.12. The van der Waals surface area contributed by atoms with Gasteiger partial charge < -0.3 is 10.4 Å². The highest BCUT2D eigenvalue weighted by Gasteiger charge is 2.34. The molecule has 0 fully saturated rings. The van der Waals surface area contributed by atoms with Crippen LogP contribution in [0.25, 0.3) is 21.8 Å².